The van der Waals surface area contributed by atoms with Gasteiger partial charge in [-0.3, -0.25) is 4.79 Å². The predicted molar refractivity (Wildman–Crippen MR) is 71.4 cm³/mol. The van der Waals surface area contributed by atoms with Gasteiger partial charge in [-0.1, -0.05) is 0 Å². The minimum Gasteiger partial charge on any atom is -0.497 e. The molecule has 0 radical (unpaired) electrons. The largest absolute Gasteiger partial charge is 0.497 e. The predicted octanol–water partition coefficient (Wildman–Crippen LogP) is 2.07. The number of amides is 2. The number of carbonyl (C=O) groups is 2. The van der Waals surface area contributed by atoms with E-state index in [0.717, 1.165) is 6.07 Å². The summed E-state index contributed by atoms with van der Waals surface area (Å²) < 4.78 is 18.4. The van der Waals surface area contributed by atoms with Crippen molar-refractivity contribution >= 4 is 17.7 Å². The third-order valence-corrected chi connectivity index (χ3v) is 2.69. The lowest BCUT2D eigenvalue weighted by Gasteiger charge is -2.19. The van der Waals surface area contributed by atoms with Crippen LogP contribution in [-0.2, 0) is 4.79 Å². The molecule has 0 atom stereocenters. The smallest absolute Gasteiger partial charge is 0.319 e. The zero-order chi connectivity index (χ0) is 15.3. The number of hydrogen-bond acceptors (Lipinski definition) is 3. The molecule has 0 bridgehead atoms. The SMILES string of the molecule is COc1ccc(F)c(NC(=O)NCC(C)(C)C(=O)O)c1. The van der Waals surface area contributed by atoms with Crippen LogP contribution in [0.25, 0.3) is 0 Å². The first-order chi connectivity index (χ1) is 9.26. The maximum atomic E-state index is 13.5. The summed E-state index contributed by atoms with van der Waals surface area (Å²) in [6, 6.07) is 3.23. The maximum Gasteiger partial charge on any atom is 0.319 e. The monoisotopic (exact) mass is 284 g/mol. The van der Waals surface area contributed by atoms with Crippen LogP contribution in [0.1, 0.15) is 13.8 Å². The van der Waals surface area contributed by atoms with Crippen LogP contribution in [0.3, 0.4) is 0 Å². The molecule has 6 nitrogen and oxygen atoms in total. The highest BCUT2D eigenvalue weighted by molar-refractivity contribution is 5.90. The van der Waals surface area contributed by atoms with Crippen molar-refractivity contribution < 1.29 is 23.8 Å². The number of hydrogen-bond donors (Lipinski definition) is 3. The van der Waals surface area contributed by atoms with E-state index in [1.165, 1.54) is 33.1 Å². The highest BCUT2D eigenvalue weighted by atomic mass is 19.1. The summed E-state index contributed by atoms with van der Waals surface area (Å²) in [5.74, 6) is -1.25. The molecule has 0 heterocycles. The Balaban J connectivity index is 2.65. The number of carboxylic acid groups (broad SMARTS) is 1. The average Bonchev–Trinajstić information content (AvgIpc) is 2.39. The number of urea groups is 1. The van der Waals surface area contributed by atoms with Crippen LogP contribution in [0.2, 0.25) is 0 Å². The summed E-state index contributed by atoms with van der Waals surface area (Å²) in [5, 5.41) is 13.6. The minimum absolute atomic E-state index is 0.0463. The molecule has 2 amide bonds. The van der Waals surface area contributed by atoms with E-state index in [0.29, 0.717) is 5.75 Å². The Morgan fingerprint density at radius 2 is 2.05 bits per heavy atom. The van der Waals surface area contributed by atoms with Crippen LogP contribution in [-0.4, -0.2) is 30.8 Å². The molecule has 110 valence electrons. The molecule has 0 saturated heterocycles. The maximum absolute atomic E-state index is 13.5. The van der Waals surface area contributed by atoms with Crippen molar-refractivity contribution in [3.05, 3.63) is 24.0 Å². The molecule has 0 spiro atoms. The molecule has 20 heavy (non-hydrogen) atoms. The Labute approximate surface area is 115 Å². The number of aliphatic carboxylic acids is 1. The van der Waals surface area contributed by atoms with E-state index in [9.17, 15) is 14.0 Å². The van der Waals surface area contributed by atoms with Crippen LogP contribution in [0, 0.1) is 11.2 Å². The van der Waals surface area contributed by atoms with Gasteiger partial charge in [-0.25, -0.2) is 9.18 Å². The quantitative estimate of drug-likeness (QED) is 0.772. The van der Waals surface area contributed by atoms with Gasteiger partial charge in [-0.05, 0) is 26.0 Å². The van der Waals surface area contributed by atoms with E-state index >= 15 is 0 Å². The van der Waals surface area contributed by atoms with Crippen molar-refractivity contribution in [2.45, 2.75) is 13.8 Å². The van der Waals surface area contributed by atoms with Crippen LogP contribution < -0.4 is 15.4 Å². The number of carbonyl (C=O) groups excluding carboxylic acids is 1. The van der Waals surface area contributed by atoms with Gasteiger partial charge in [0.15, 0.2) is 0 Å². The normalized spacial score (nSPS) is 10.8. The second-order valence-electron chi connectivity index (χ2n) is 4.84. The molecule has 0 aliphatic rings. The van der Waals surface area contributed by atoms with Gasteiger partial charge in [-0.2, -0.15) is 0 Å². The molecule has 0 aliphatic carbocycles. The highest BCUT2D eigenvalue weighted by Crippen LogP contribution is 2.21. The number of nitrogens with one attached hydrogen (secondary N) is 2. The van der Waals surface area contributed by atoms with E-state index in [1.54, 1.807) is 0 Å². The van der Waals surface area contributed by atoms with Crippen molar-refractivity contribution in [1.82, 2.24) is 5.32 Å². The molecule has 0 aromatic heterocycles. The van der Waals surface area contributed by atoms with Gasteiger partial charge in [0.1, 0.15) is 11.6 Å². The van der Waals surface area contributed by atoms with Crippen molar-refractivity contribution in [3.63, 3.8) is 0 Å². The first kappa shape index (κ1) is 15.7. The number of carboxylic acids is 1. The number of methoxy groups -OCH3 is 1. The standard InChI is InChI=1S/C13H17FN2O4/c1-13(2,11(17)18)7-15-12(19)16-10-6-8(20-3)4-5-9(10)14/h4-6H,7H2,1-3H3,(H,17,18)(H2,15,16,19). The molecule has 0 fully saturated rings. The summed E-state index contributed by atoms with van der Waals surface area (Å²) in [7, 11) is 1.42. The summed E-state index contributed by atoms with van der Waals surface area (Å²) in [6.07, 6.45) is 0. The molecule has 3 N–H and O–H groups in total. The van der Waals surface area contributed by atoms with E-state index in [4.69, 9.17) is 9.84 Å². The summed E-state index contributed by atoms with van der Waals surface area (Å²) >= 11 is 0. The number of ether oxygens (including phenoxy) is 1. The van der Waals surface area contributed by atoms with Gasteiger partial charge in [0.25, 0.3) is 0 Å². The lowest BCUT2D eigenvalue weighted by molar-refractivity contribution is -0.146. The van der Waals surface area contributed by atoms with Gasteiger partial charge in [-0.15, -0.1) is 0 Å². The molecule has 7 heteroatoms. The second kappa shape index (κ2) is 6.23. The number of rotatable bonds is 5. The number of benzene rings is 1. The Kier molecular flexibility index (Phi) is 4.90. The summed E-state index contributed by atoms with van der Waals surface area (Å²) in [4.78, 5) is 22.5. The van der Waals surface area contributed by atoms with Crippen LogP contribution >= 0.6 is 0 Å². The van der Waals surface area contributed by atoms with Crippen LogP contribution in [0.5, 0.6) is 5.75 Å². The molecule has 0 unspecified atom stereocenters. The van der Waals surface area contributed by atoms with E-state index in [1.807, 2.05) is 0 Å². The fourth-order valence-corrected chi connectivity index (χ4v) is 1.27. The van der Waals surface area contributed by atoms with E-state index in [2.05, 4.69) is 10.6 Å². The minimum atomic E-state index is -1.11. The Bertz CT molecular complexity index is 517. The fraction of sp³-hybridized carbons (Fsp3) is 0.385. The van der Waals surface area contributed by atoms with Gasteiger partial charge in [0.05, 0.1) is 18.2 Å². The summed E-state index contributed by atoms with van der Waals surface area (Å²) in [6.45, 7) is 2.86. The van der Waals surface area contributed by atoms with Crippen LogP contribution in [0.15, 0.2) is 18.2 Å². The van der Waals surface area contributed by atoms with Gasteiger partial charge in [0, 0.05) is 12.6 Å². The topological polar surface area (TPSA) is 87.7 Å². The Morgan fingerprint density at radius 1 is 1.40 bits per heavy atom. The second-order valence-corrected chi connectivity index (χ2v) is 4.84. The third kappa shape index (κ3) is 4.11. The molecule has 1 aromatic carbocycles. The van der Waals surface area contributed by atoms with Crippen molar-refractivity contribution in [1.29, 1.82) is 0 Å². The van der Waals surface area contributed by atoms with E-state index < -0.39 is 23.2 Å². The lowest BCUT2D eigenvalue weighted by atomic mass is 9.94. The molecule has 1 aromatic rings. The van der Waals surface area contributed by atoms with E-state index in [-0.39, 0.29) is 12.2 Å². The van der Waals surface area contributed by atoms with Gasteiger partial charge < -0.3 is 20.5 Å². The molecular weight excluding hydrogens is 267 g/mol. The van der Waals surface area contributed by atoms with Crippen LogP contribution in [0.4, 0.5) is 14.9 Å². The summed E-state index contributed by atoms with van der Waals surface area (Å²) in [5.41, 5.74) is -1.15. The van der Waals surface area contributed by atoms with Crippen molar-refractivity contribution in [2.75, 3.05) is 19.0 Å². The zero-order valence-electron chi connectivity index (χ0n) is 11.5. The van der Waals surface area contributed by atoms with Gasteiger partial charge >= 0.3 is 12.0 Å². The van der Waals surface area contributed by atoms with Crippen molar-refractivity contribution in [3.8, 4) is 5.75 Å². The third-order valence-electron chi connectivity index (χ3n) is 2.69. The zero-order valence-corrected chi connectivity index (χ0v) is 11.5. The fourth-order valence-electron chi connectivity index (χ4n) is 1.27. The first-order valence-corrected chi connectivity index (χ1v) is 5.88. The van der Waals surface area contributed by atoms with Crippen molar-refractivity contribution in [2.24, 2.45) is 5.41 Å². The Morgan fingerprint density at radius 3 is 2.60 bits per heavy atom. The molecule has 1 rings (SSSR count). The highest BCUT2D eigenvalue weighted by Gasteiger charge is 2.27. The number of halogens is 1. The first-order valence-electron chi connectivity index (χ1n) is 5.88. The average molecular weight is 284 g/mol. The Hall–Kier alpha value is -2.31. The lowest BCUT2D eigenvalue weighted by Crippen LogP contribution is -2.40. The molecule has 0 aliphatic heterocycles. The van der Waals surface area contributed by atoms with Gasteiger partial charge in [0.2, 0.25) is 0 Å². The molecule has 0 saturated carbocycles. The number of anilines is 1. The molecular formula is C13H17FN2O4.